The largest absolute Gasteiger partial charge is 0.352 e. The van der Waals surface area contributed by atoms with Crippen LogP contribution in [0, 0.1) is 5.92 Å². The van der Waals surface area contributed by atoms with E-state index in [-0.39, 0.29) is 29.0 Å². The number of hydrogen-bond donors (Lipinski definition) is 1. The third-order valence-electron chi connectivity index (χ3n) is 5.87. The second-order valence-electron chi connectivity index (χ2n) is 8.27. The van der Waals surface area contributed by atoms with Gasteiger partial charge >= 0.3 is 0 Å². The van der Waals surface area contributed by atoms with Gasteiger partial charge in [-0.15, -0.1) is 0 Å². The first-order valence-corrected chi connectivity index (χ1v) is 12.4. The second kappa shape index (κ2) is 8.63. The maximum Gasteiger partial charge on any atom is 0.230 e. The standard InChI is InChI=1S/C23H25ClN2O4S/c1-15(12-22(27)25-14-16-2-6-19(24)7-3-16)31(29,30)20-8-9-21-18(13-20)10-11-26(21)23(28)17-4-5-17/h2-3,6-9,13,15,17H,4-5,10-12,14H2,1H3,(H,25,27)/t15-/m1/s1. The van der Waals surface area contributed by atoms with Gasteiger partial charge in [0.15, 0.2) is 9.84 Å². The minimum atomic E-state index is -3.67. The highest BCUT2D eigenvalue weighted by Gasteiger charge is 2.37. The fraction of sp³-hybridized carbons (Fsp3) is 0.391. The number of amides is 2. The topological polar surface area (TPSA) is 83.6 Å². The summed E-state index contributed by atoms with van der Waals surface area (Å²) < 4.78 is 26.1. The second-order valence-corrected chi connectivity index (χ2v) is 11.1. The lowest BCUT2D eigenvalue weighted by Gasteiger charge is -2.18. The molecular formula is C23H25ClN2O4S. The Morgan fingerprint density at radius 2 is 1.87 bits per heavy atom. The van der Waals surface area contributed by atoms with E-state index in [1.807, 2.05) is 12.1 Å². The van der Waals surface area contributed by atoms with Crippen molar-refractivity contribution in [3.8, 4) is 0 Å². The van der Waals surface area contributed by atoms with E-state index in [4.69, 9.17) is 11.6 Å². The van der Waals surface area contributed by atoms with E-state index in [2.05, 4.69) is 5.32 Å². The van der Waals surface area contributed by atoms with Crippen LogP contribution in [0.4, 0.5) is 5.69 Å². The van der Waals surface area contributed by atoms with Crippen LogP contribution in [-0.2, 0) is 32.4 Å². The molecule has 2 amide bonds. The van der Waals surface area contributed by atoms with Gasteiger partial charge in [-0.05, 0) is 67.6 Å². The van der Waals surface area contributed by atoms with Crippen molar-refractivity contribution in [1.82, 2.24) is 5.32 Å². The molecule has 0 unspecified atom stereocenters. The number of rotatable bonds is 7. The Kier molecular flexibility index (Phi) is 6.08. The van der Waals surface area contributed by atoms with E-state index >= 15 is 0 Å². The Labute approximate surface area is 187 Å². The normalized spacial score (nSPS) is 16.6. The minimum Gasteiger partial charge on any atom is -0.352 e. The number of anilines is 1. The van der Waals surface area contributed by atoms with Crippen molar-refractivity contribution in [2.24, 2.45) is 5.92 Å². The van der Waals surface area contributed by atoms with Gasteiger partial charge in [0.05, 0.1) is 10.1 Å². The SMILES string of the molecule is C[C@H](CC(=O)NCc1ccc(Cl)cc1)S(=O)(=O)c1ccc2c(c1)CCN2C(=O)C1CC1. The summed E-state index contributed by atoms with van der Waals surface area (Å²) in [6.07, 6.45) is 2.40. The molecule has 0 radical (unpaired) electrons. The summed E-state index contributed by atoms with van der Waals surface area (Å²) in [6, 6.07) is 12.0. The molecule has 0 spiro atoms. The summed E-state index contributed by atoms with van der Waals surface area (Å²) in [5, 5.41) is 2.51. The molecule has 1 atom stereocenters. The molecule has 31 heavy (non-hydrogen) atoms. The molecule has 1 aliphatic carbocycles. The molecule has 4 rings (SSSR count). The maximum absolute atomic E-state index is 13.0. The zero-order chi connectivity index (χ0) is 22.2. The molecule has 0 saturated heterocycles. The summed E-state index contributed by atoms with van der Waals surface area (Å²) in [4.78, 5) is 26.7. The number of hydrogen-bond acceptors (Lipinski definition) is 4. The fourth-order valence-electron chi connectivity index (χ4n) is 3.81. The highest BCUT2D eigenvalue weighted by atomic mass is 35.5. The Hall–Kier alpha value is -2.38. The van der Waals surface area contributed by atoms with Crippen LogP contribution in [0.25, 0.3) is 0 Å². The minimum absolute atomic E-state index is 0.126. The molecule has 6 nitrogen and oxygen atoms in total. The van der Waals surface area contributed by atoms with E-state index in [0.29, 0.717) is 24.5 Å². The summed E-state index contributed by atoms with van der Waals surface area (Å²) in [6.45, 7) is 2.46. The summed E-state index contributed by atoms with van der Waals surface area (Å²) >= 11 is 5.85. The molecule has 1 N–H and O–H groups in total. The third-order valence-corrected chi connectivity index (χ3v) is 8.26. The van der Waals surface area contributed by atoms with Crippen molar-refractivity contribution in [3.63, 3.8) is 0 Å². The van der Waals surface area contributed by atoms with Crippen molar-refractivity contribution < 1.29 is 18.0 Å². The van der Waals surface area contributed by atoms with Crippen molar-refractivity contribution in [2.45, 2.75) is 49.3 Å². The Morgan fingerprint density at radius 1 is 1.16 bits per heavy atom. The quantitative estimate of drug-likeness (QED) is 0.685. The molecule has 1 saturated carbocycles. The molecule has 1 heterocycles. The number of fused-ring (bicyclic) bond motifs is 1. The smallest absolute Gasteiger partial charge is 0.230 e. The van der Waals surface area contributed by atoms with E-state index < -0.39 is 15.1 Å². The number of carbonyl (C=O) groups is 2. The molecule has 1 aliphatic heterocycles. The number of nitrogens with zero attached hydrogens (tertiary/aromatic N) is 1. The lowest BCUT2D eigenvalue weighted by atomic mass is 10.2. The average Bonchev–Trinajstić information content (AvgIpc) is 3.51. The first-order chi connectivity index (χ1) is 14.8. The monoisotopic (exact) mass is 460 g/mol. The van der Waals surface area contributed by atoms with E-state index in [1.54, 1.807) is 42.2 Å². The van der Waals surface area contributed by atoms with Crippen molar-refractivity contribution >= 4 is 38.9 Å². The molecule has 2 aromatic carbocycles. The Balaban J connectivity index is 1.40. The number of carbonyl (C=O) groups excluding carboxylic acids is 2. The van der Waals surface area contributed by atoms with Crippen LogP contribution in [0.3, 0.4) is 0 Å². The average molecular weight is 461 g/mol. The first kappa shape index (κ1) is 21.8. The lowest BCUT2D eigenvalue weighted by molar-refractivity contribution is -0.121. The van der Waals surface area contributed by atoms with Gasteiger partial charge < -0.3 is 10.2 Å². The van der Waals surface area contributed by atoms with Crippen LogP contribution in [0.15, 0.2) is 47.4 Å². The summed E-state index contributed by atoms with van der Waals surface area (Å²) in [7, 11) is -3.67. The lowest BCUT2D eigenvalue weighted by Crippen LogP contribution is -2.30. The van der Waals surface area contributed by atoms with Gasteiger partial charge in [0, 0.05) is 36.1 Å². The van der Waals surface area contributed by atoms with Gasteiger partial charge in [-0.25, -0.2) is 8.42 Å². The maximum atomic E-state index is 13.0. The predicted molar refractivity (Wildman–Crippen MR) is 120 cm³/mol. The van der Waals surface area contributed by atoms with E-state index in [1.165, 1.54) is 0 Å². The van der Waals surface area contributed by atoms with Crippen LogP contribution < -0.4 is 10.2 Å². The number of halogens is 1. The highest BCUT2D eigenvalue weighted by molar-refractivity contribution is 7.92. The highest BCUT2D eigenvalue weighted by Crippen LogP contribution is 2.37. The van der Waals surface area contributed by atoms with Gasteiger partial charge in [0.1, 0.15) is 0 Å². The fourth-order valence-corrected chi connectivity index (χ4v) is 5.34. The predicted octanol–water partition coefficient (Wildman–Crippen LogP) is 3.51. The van der Waals surface area contributed by atoms with Crippen molar-refractivity contribution in [2.75, 3.05) is 11.4 Å². The third kappa shape index (κ3) is 4.77. The molecule has 2 aromatic rings. The first-order valence-electron chi connectivity index (χ1n) is 10.4. The molecule has 8 heteroatoms. The van der Waals surface area contributed by atoms with Gasteiger partial charge in [-0.3, -0.25) is 9.59 Å². The van der Waals surface area contributed by atoms with Gasteiger partial charge in [-0.2, -0.15) is 0 Å². The molecule has 0 aromatic heterocycles. The molecule has 0 bridgehead atoms. The van der Waals surface area contributed by atoms with Crippen LogP contribution in [-0.4, -0.2) is 32.0 Å². The van der Waals surface area contributed by atoms with Crippen molar-refractivity contribution in [1.29, 1.82) is 0 Å². The Bertz CT molecular complexity index is 1110. The number of benzene rings is 2. The zero-order valence-corrected chi connectivity index (χ0v) is 18.9. The van der Waals surface area contributed by atoms with Crippen molar-refractivity contribution in [3.05, 3.63) is 58.6 Å². The number of sulfone groups is 1. The summed E-state index contributed by atoms with van der Waals surface area (Å²) in [5.41, 5.74) is 2.57. The van der Waals surface area contributed by atoms with Crippen LogP contribution >= 0.6 is 11.6 Å². The Morgan fingerprint density at radius 3 is 2.55 bits per heavy atom. The molecular weight excluding hydrogens is 436 g/mol. The van der Waals surface area contributed by atoms with Crippen LogP contribution in [0.2, 0.25) is 5.02 Å². The van der Waals surface area contributed by atoms with Crippen LogP contribution in [0.1, 0.15) is 37.3 Å². The van der Waals surface area contributed by atoms with Gasteiger partial charge in [0.2, 0.25) is 11.8 Å². The van der Waals surface area contributed by atoms with Crippen LogP contribution in [0.5, 0.6) is 0 Å². The summed E-state index contributed by atoms with van der Waals surface area (Å²) in [5.74, 6) is -0.0609. The molecule has 1 fully saturated rings. The van der Waals surface area contributed by atoms with Gasteiger partial charge in [0.25, 0.3) is 0 Å². The zero-order valence-electron chi connectivity index (χ0n) is 17.3. The van der Waals surface area contributed by atoms with E-state index in [0.717, 1.165) is 29.7 Å². The molecule has 164 valence electrons. The van der Waals surface area contributed by atoms with Gasteiger partial charge in [-0.1, -0.05) is 23.7 Å². The molecule has 2 aliphatic rings. The van der Waals surface area contributed by atoms with E-state index in [9.17, 15) is 18.0 Å². The number of nitrogens with one attached hydrogen (secondary N) is 1.